The zero-order chi connectivity index (χ0) is 15.1. The van der Waals surface area contributed by atoms with Gasteiger partial charge in [0.15, 0.2) is 0 Å². The Morgan fingerprint density at radius 3 is 2.77 bits per heavy atom. The van der Waals surface area contributed by atoms with Crippen molar-refractivity contribution in [3.05, 3.63) is 63.2 Å². The number of aromatic nitrogens is 1. The van der Waals surface area contributed by atoms with Gasteiger partial charge in [0.1, 0.15) is 0 Å². The van der Waals surface area contributed by atoms with E-state index in [-0.39, 0.29) is 0 Å². The van der Waals surface area contributed by atoms with Crippen LogP contribution in [0.4, 0.5) is 5.69 Å². The van der Waals surface area contributed by atoms with Gasteiger partial charge in [-0.25, -0.2) is 0 Å². The number of benzene rings is 2. The van der Waals surface area contributed by atoms with Crippen LogP contribution in [0.5, 0.6) is 0 Å². The Morgan fingerprint density at radius 2 is 1.95 bits per heavy atom. The van der Waals surface area contributed by atoms with E-state index in [9.17, 15) is 0 Å². The molecule has 0 unspecified atom stereocenters. The molecule has 0 fully saturated rings. The van der Waals surface area contributed by atoms with Gasteiger partial charge in [-0.1, -0.05) is 27.5 Å². The molecule has 0 bridgehead atoms. The van der Waals surface area contributed by atoms with Crippen LogP contribution in [0.2, 0.25) is 5.02 Å². The van der Waals surface area contributed by atoms with Crippen LogP contribution in [-0.4, -0.2) is 4.98 Å². The minimum Gasteiger partial charge on any atom is -0.377 e. The first-order valence-corrected chi connectivity index (χ1v) is 8.70. The molecule has 112 valence electrons. The van der Waals surface area contributed by atoms with Crippen molar-refractivity contribution in [1.29, 1.82) is 0 Å². The summed E-state index contributed by atoms with van der Waals surface area (Å²) >= 11 is 9.54. The molecule has 0 saturated heterocycles. The Balaban J connectivity index is 1.72. The van der Waals surface area contributed by atoms with Crippen molar-refractivity contribution >= 4 is 44.1 Å². The smallest absolute Gasteiger partial charge is 0.0666 e. The topological polar surface area (TPSA) is 27.8 Å². The maximum absolute atomic E-state index is 5.97. The number of aromatic amines is 1. The van der Waals surface area contributed by atoms with Crippen molar-refractivity contribution in [2.45, 2.75) is 25.3 Å². The van der Waals surface area contributed by atoms with Crippen LogP contribution < -0.4 is 5.32 Å². The van der Waals surface area contributed by atoms with Gasteiger partial charge in [0.05, 0.1) is 6.04 Å². The third-order valence-corrected chi connectivity index (χ3v) is 5.10. The molecule has 2 N–H and O–H groups in total. The number of rotatable bonds is 2. The highest BCUT2D eigenvalue weighted by Gasteiger charge is 2.24. The third kappa shape index (κ3) is 2.53. The van der Waals surface area contributed by atoms with Crippen LogP contribution in [0.1, 0.15) is 30.1 Å². The molecule has 0 spiro atoms. The van der Waals surface area contributed by atoms with Crippen molar-refractivity contribution in [3.8, 4) is 0 Å². The number of nitrogens with one attached hydrogen (secondary N) is 2. The molecule has 4 heteroatoms. The maximum Gasteiger partial charge on any atom is 0.0666 e. The summed E-state index contributed by atoms with van der Waals surface area (Å²) in [6, 6.07) is 14.7. The van der Waals surface area contributed by atoms with E-state index in [1.165, 1.54) is 28.6 Å². The predicted octanol–water partition coefficient (Wildman–Crippen LogP) is 6.07. The SMILES string of the molecule is Clc1ccc(N[C@@H]2CCCc3c2[nH]c2ccc(Br)cc32)cc1. The van der Waals surface area contributed by atoms with Gasteiger partial charge >= 0.3 is 0 Å². The molecule has 1 aromatic heterocycles. The second-order valence-electron chi connectivity index (χ2n) is 5.80. The Morgan fingerprint density at radius 1 is 1.14 bits per heavy atom. The lowest BCUT2D eigenvalue weighted by molar-refractivity contribution is 0.593. The molecule has 1 aliphatic carbocycles. The van der Waals surface area contributed by atoms with Gasteiger partial charge in [0.25, 0.3) is 0 Å². The lowest BCUT2D eigenvalue weighted by Gasteiger charge is -2.24. The van der Waals surface area contributed by atoms with E-state index in [1.54, 1.807) is 0 Å². The summed E-state index contributed by atoms with van der Waals surface area (Å²) in [5, 5.41) is 5.75. The lowest BCUT2D eigenvalue weighted by Crippen LogP contribution is -2.17. The fraction of sp³-hybridized carbons (Fsp3) is 0.222. The number of fused-ring (bicyclic) bond motifs is 3. The second-order valence-corrected chi connectivity index (χ2v) is 7.16. The first kappa shape index (κ1) is 14.2. The van der Waals surface area contributed by atoms with E-state index in [1.807, 2.05) is 24.3 Å². The van der Waals surface area contributed by atoms with Gasteiger partial charge in [-0.05, 0) is 67.3 Å². The van der Waals surface area contributed by atoms with Gasteiger partial charge in [-0.2, -0.15) is 0 Å². The number of hydrogen-bond acceptors (Lipinski definition) is 1. The molecular weight excluding hydrogens is 360 g/mol. The highest BCUT2D eigenvalue weighted by atomic mass is 79.9. The van der Waals surface area contributed by atoms with Crippen LogP contribution in [0.15, 0.2) is 46.9 Å². The van der Waals surface area contributed by atoms with Crippen molar-refractivity contribution in [3.63, 3.8) is 0 Å². The van der Waals surface area contributed by atoms with E-state index < -0.39 is 0 Å². The van der Waals surface area contributed by atoms with Gasteiger partial charge in [0.2, 0.25) is 0 Å². The third-order valence-electron chi connectivity index (χ3n) is 4.35. The van der Waals surface area contributed by atoms with E-state index in [0.717, 1.165) is 28.0 Å². The Labute approximate surface area is 143 Å². The summed E-state index contributed by atoms with van der Waals surface area (Å²) in [6.07, 6.45) is 3.49. The summed E-state index contributed by atoms with van der Waals surface area (Å²) in [5.41, 5.74) is 5.11. The fourth-order valence-corrected chi connectivity index (χ4v) is 3.81. The maximum atomic E-state index is 5.97. The average molecular weight is 376 g/mol. The molecule has 0 aliphatic heterocycles. The minimum absolute atomic E-state index is 0.330. The van der Waals surface area contributed by atoms with Gasteiger partial charge < -0.3 is 10.3 Å². The van der Waals surface area contributed by atoms with E-state index in [0.29, 0.717) is 6.04 Å². The van der Waals surface area contributed by atoms with E-state index >= 15 is 0 Å². The highest BCUT2D eigenvalue weighted by Crippen LogP contribution is 2.37. The van der Waals surface area contributed by atoms with Crippen molar-refractivity contribution in [2.24, 2.45) is 0 Å². The molecule has 2 aromatic carbocycles. The molecule has 3 aromatic rings. The summed E-state index contributed by atoms with van der Waals surface area (Å²) in [6.45, 7) is 0. The second kappa shape index (κ2) is 5.64. The first-order valence-electron chi connectivity index (χ1n) is 7.53. The molecular formula is C18H16BrClN2. The Bertz CT molecular complexity index is 823. The van der Waals surface area contributed by atoms with Crippen molar-refractivity contribution in [1.82, 2.24) is 4.98 Å². The zero-order valence-corrected chi connectivity index (χ0v) is 14.3. The van der Waals surface area contributed by atoms with E-state index in [4.69, 9.17) is 11.6 Å². The summed E-state index contributed by atoms with van der Waals surface area (Å²) in [4.78, 5) is 3.62. The average Bonchev–Trinajstić information content (AvgIpc) is 2.89. The summed E-state index contributed by atoms with van der Waals surface area (Å²) < 4.78 is 1.13. The molecule has 22 heavy (non-hydrogen) atoms. The molecule has 4 rings (SSSR count). The first-order chi connectivity index (χ1) is 10.7. The predicted molar refractivity (Wildman–Crippen MR) is 96.8 cm³/mol. The van der Waals surface area contributed by atoms with Gasteiger partial charge in [-0.3, -0.25) is 0 Å². The molecule has 1 aliphatic rings. The monoisotopic (exact) mass is 374 g/mol. The Hall–Kier alpha value is -1.45. The molecule has 0 radical (unpaired) electrons. The van der Waals surface area contributed by atoms with Crippen LogP contribution >= 0.6 is 27.5 Å². The largest absolute Gasteiger partial charge is 0.377 e. The van der Waals surface area contributed by atoms with Crippen LogP contribution in [0, 0.1) is 0 Å². The zero-order valence-electron chi connectivity index (χ0n) is 12.0. The quantitative estimate of drug-likeness (QED) is 0.558. The highest BCUT2D eigenvalue weighted by molar-refractivity contribution is 9.10. The van der Waals surface area contributed by atoms with Crippen LogP contribution in [0.3, 0.4) is 0 Å². The molecule has 1 heterocycles. The normalized spacial score (nSPS) is 17.5. The molecule has 2 nitrogen and oxygen atoms in total. The molecule has 0 amide bonds. The van der Waals surface area contributed by atoms with Crippen LogP contribution in [0.25, 0.3) is 10.9 Å². The number of anilines is 1. The fourth-order valence-electron chi connectivity index (χ4n) is 3.33. The van der Waals surface area contributed by atoms with Crippen molar-refractivity contribution in [2.75, 3.05) is 5.32 Å². The van der Waals surface area contributed by atoms with Gasteiger partial charge in [-0.15, -0.1) is 0 Å². The van der Waals surface area contributed by atoms with Gasteiger partial charge in [0, 0.05) is 31.8 Å². The number of H-pyrrole nitrogens is 1. The summed E-state index contributed by atoms with van der Waals surface area (Å²) in [5.74, 6) is 0. The number of halogens is 2. The minimum atomic E-state index is 0.330. The molecule has 1 atom stereocenters. The Kier molecular flexibility index (Phi) is 3.63. The standard InChI is InChI=1S/C18H16BrClN2/c19-11-4-9-16-15(10-11)14-2-1-3-17(18(14)22-16)21-13-7-5-12(20)6-8-13/h4-10,17,21-22H,1-3H2/t17-/m1/s1. The van der Waals surface area contributed by atoms with E-state index in [2.05, 4.69) is 44.4 Å². The van der Waals surface area contributed by atoms with Crippen molar-refractivity contribution < 1.29 is 0 Å². The lowest BCUT2D eigenvalue weighted by atomic mass is 9.91. The number of aryl methyl sites for hydroxylation is 1. The van der Waals surface area contributed by atoms with Crippen LogP contribution in [-0.2, 0) is 6.42 Å². The summed E-state index contributed by atoms with van der Waals surface area (Å²) in [7, 11) is 0. The molecule has 0 saturated carbocycles. The number of hydrogen-bond donors (Lipinski definition) is 2.